The lowest BCUT2D eigenvalue weighted by Gasteiger charge is -2.34. The minimum atomic E-state index is -3.80. The molecule has 0 radical (unpaired) electrons. The van der Waals surface area contributed by atoms with E-state index < -0.39 is 31.4 Å². The van der Waals surface area contributed by atoms with Gasteiger partial charge in [0.15, 0.2) is 0 Å². The lowest BCUT2D eigenvalue weighted by Crippen LogP contribution is -2.48. The predicted octanol–water partition coefficient (Wildman–Crippen LogP) is 2.20. The first-order valence-corrected chi connectivity index (χ1v) is 13.9. The SMILES string of the molecule is Cc1cc(N2C(=O)C(C)(C)CS2(=O)=O)ccc1S(=O)(=O)N1CCN(Cc2ccccc2)CC1. The monoisotopic (exact) mass is 491 g/mol. The molecule has 2 aromatic carbocycles. The highest BCUT2D eigenvalue weighted by atomic mass is 32.2. The average molecular weight is 492 g/mol. The number of carbonyl (C=O) groups excluding carboxylic acids is 1. The number of amides is 1. The maximum atomic E-state index is 13.3. The zero-order valence-electron chi connectivity index (χ0n) is 19.1. The van der Waals surface area contributed by atoms with Gasteiger partial charge in [-0.3, -0.25) is 9.69 Å². The van der Waals surface area contributed by atoms with E-state index in [1.54, 1.807) is 20.8 Å². The molecule has 33 heavy (non-hydrogen) atoms. The summed E-state index contributed by atoms with van der Waals surface area (Å²) in [6.45, 7) is 7.60. The van der Waals surface area contributed by atoms with Crippen molar-refractivity contribution in [1.82, 2.24) is 9.21 Å². The van der Waals surface area contributed by atoms with Crippen molar-refractivity contribution in [2.75, 3.05) is 36.2 Å². The molecule has 0 N–H and O–H groups in total. The Labute approximate surface area is 195 Å². The number of piperazine rings is 1. The van der Waals surface area contributed by atoms with Gasteiger partial charge in [0.25, 0.3) is 0 Å². The van der Waals surface area contributed by atoms with Crippen LogP contribution in [0.1, 0.15) is 25.0 Å². The van der Waals surface area contributed by atoms with Crippen molar-refractivity contribution in [3.05, 3.63) is 59.7 Å². The second-order valence-corrected chi connectivity index (χ2v) is 13.0. The number of benzene rings is 2. The fraction of sp³-hybridized carbons (Fsp3) is 0.435. The Kier molecular flexibility index (Phi) is 6.15. The molecule has 0 aromatic heterocycles. The zero-order valence-corrected chi connectivity index (χ0v) is 20.7. The summed E-state index contributed by atoms with van der Waals surface area (Å²) in [7, 11) is -7.54. The summed E-state index contributed by atoms with van der Waals surface area (Å²) < 4.78 is 54.0. The summed E-state index contributed by atoms with van der Waals surface area (Å²) >= 11 is 0. The molecule has 178 valence electrons. The molecule has 0 spiro atoms. The van der Waals surface area contributed by atoms with Crippen molar-refractivity contribution < 1.29 is 21.6 Å². The third-order valence-electron chi connectivity index (χ3n) is 6.18. The molecule has 8 nitrogen and oxygen atoms in total. The van der Waals surface area contributed by atoms with Crippen LogP contribution in [0, 0.1) is 12.3 Å². The second-order valence-electron chi connectivity index (χ2n) is 9.33. The van der Waals surface area contributed by atoms with E-state index in [4.69, 9.17) is 0 Å². The normalized spacial score (nSPS) is 21.4. The van der Waals surface area contributed by atoms with Gasteiger partial charge in [-0.25, -0.2) is 21.1 Å². The first-order valence-electron chi connectivity index (χ1n) is 10.9. The van der Waals surface area contributed by atoms with Gasteiger partial charge in [0.05, 0.1) is 21.8 Å². The molecule has 4 rings (SSSR count). The van der Waals surface area contributed by atoms with Crippen molar-refractivity contribution >= 4 is 31.6 Å². The predicted molar refractivity (Wildman–Crippen MR) is 127 cm³/mol. The van der Waals surface area contributed by atoms with Crippen molar-refractivity contribution in [3.8, 4) is 0 Å². The Morgan fingerprint density at radius 2 is 1.61 bits per heavy atom. The largest absolute Gasteiger partial charge is 0.296 e. The molecule has 2 saturated heterocycles. The van der Waals surface area contributed by atoms with Crippen LogP contribution in [0.15, 0.2) is 53.4 Å². The third-order valence-corrected chi connectivity index (χ3v) is 10.3. The summed E-state index contributed by atoms with van der Waals surface area (Å²) in [6.07, 6.45) is 0. The van der Waals surface area contributed by atoms with E-state index in [9.17, 15) is 21.6 Å². The molecule has 2 aliphatic rings. The van der Waals surface area contributed by atoms with Gasteiger partial charge in [-0.05, 0) is 50.1 Å². The third kappa shape index (κ3) is 4.57. The van der Waals surface area contributed by atoms with Crippen LogP contribution in [0.5, 0.6) is 0 Å². The van der Waals surface area contributed by atoms with Crippen LogP contribution in [-0.2, 0) is 31.4 Å². The van der Waals surface area contributed by atoms with Crippen molar-refractivity contribution in [3.63, 3.8) is 0 Å². The molecular weight excluding hydrogens is 462 g/mol. The van der Waals surface area contributed by atoms with Gasteiger partial charge >= 0.3 is 0 Å². The lowest BCUT2D eigenvalue weighted by atomic mass is 9.95. The summed E-state index contributed by atoms with van der Waals surface area (Å²) in [5.41, 5.74) is 0.758. The van der Waals surface area contributed by atoms with Gasteiger partial charge in [0.1, 0.15) is 0 Å². The van der Waals surface area contributed by atoms with Gasteiger partial charge < -0.3 is 0 Å². The molecule has 0 atom stereocenters. The number of hydrogen-bond donors (Lipinski definition) is 0. The summed E-state index contributed by atoms with van der Waals surface area (Å²) in [5, 5.41) is 0. The van der Waals surface area contributed by atoms with Crippen LogP contribution < -0.4 is 4.31 Å². The van der Waals surface area contributed by atoms with Gasteiger partial charge in [-0.15, -0.1) is 0 Å². The molecule has 0 unspecified atom stereocenters. The summed E-state index contributed by atoms with van der Waals surface area (Å²) in [4.78, 5) is 15.0. The Balaban J connectivity index is 1.51. The molecule has 0 saturated carbocycles. The van der Waals surface area contributed by atoms with E-state index >= 15 is 0 Å². The highest BCUT2D eigenvalue weighted by Gasteiger charge is 2.50. The van der Waals surface area contributed by atoms with E-state index in [-0.39, 0.29) is 16.3 Å². The second kappa shape index (κ2) is 8.50. The molecule has 0 bridgehead atoms. The van der Waals surface area contributed by atoms with E-state index in [0.717, 1.165) is 10.8 Å². The first-order chi connectivity index (χ1) is 15.4. The molecule has 0 aliphatic carbocycles. The van der Waals surface area contributed by atoms with Crippen LogP contribution in [0.2, 0.25) is 0 Å². The molecular formula is C23H29N3O5S2. The van der Waals surface area contributed by atoms with Gasteiger partial charge in [0, 0.05) is 32.7 Å². The Morgan fingerprint density at radius 1 is 0.970 bits per heavy atom. The minimum absolute atomic E-state index is 0.131. The molecule has 2 fully saturated rings. The fourth-order valence-corrected chi connectivity index (χ4v) is 8.15. The number of sulfonamides is 2. The average Bonchev–Trinajstić information content (AvgIpc) is 2.91. The number of rotatable bonds is 5. The molecule has 2 aliphatic heterocycles. The smallest absolute Gasteiger partial charge is 0.247 e. The highest BCUT2D eigenvalue weighted by Crippen LogP contribution is 2.37. The quantitative estimate of drug-likeness (QED) is 0.637. The maximum Gasteiger partial charge on any atom is 0.247 e. The standard InChI is InChI=1S/C23H29N3O5S2/c1-18-15-20(26-22(27)23(2,3)17-32(26,28)29)9-10-21(18)33(30,31)25-13-11-24(12-14-25)16-19-7-5-4-6-8-19/h4-10,15H,11-14,16-17H2,1-3H3. The maximum absolute atomic E-state index is 13.3. The van der Waals surface area contributed by atoms with Crippen LogP contribution in [0.25, 0.3) is 0 Å². The van der Waals surface area contributed by atoms with Crippen LogP contribution in [-0.4, -0.2) is 63.9 Å². The topological polar surface area (TPSA) is 95.1 Å². The number of hydrogen-bond acceptors (Lipinski definition) is 6. The van der Waals surface area contributed by atoms with E-state index in [2.05, 4.69) is 17.0 Å². The highest BCUT2D eigenvalue weighted by molar-refractivity contribution is 7.94. The van der Waals surface area contributed by atoms with Crippen molar-refractivity contribution in [2.45, 2.75) is 32.2 Å². The van der Waals surface area contributed by atoms with Crippen LogP contribution >= 0.6 is 0 Å². The summed E-state index contributed by atoms with van der Waals surface area (Å²) in [5.74, 6) is -0.780. The molecule has 10 heteroatoms. The van der Waals surface area contributed by atoms with Crippen LogP contribution in [0.4, 0.5) is 5.69 Å². The van der Waals surface area contributed by atoms with Crippen molar-refractivity contribution in [2.24, 2.45) is 5.41 Å². The first kappa shape index (κ1) is 23.9. The fourth-order valence-electron chi connectivity index (χ4n) is 4.42. The van der Waals surface area contributed by atoms with Gasteiger partial charge in [-0.2, -0.15) is 4.31 Å². The van der Waals surface area contributed by atoms with Gasteiger partial charge in [0.2, 0.25) is 26.0 Å². The summed E-state index contributed by atoms with van der Waals surface area (Å²) in [6, 6.07) is 14.3. The minimum Gasteiger partial charge on any atom is -0.296 e. The van der Waals surface area contributed by atoms with E-state index in [0.29, 0.717) is 31.7 Å². The number of carbonyl (C=O) groups is 1. The van der Waals surface area contributed by atoms with Gasteiger partial charge in [-0.1, -0.05) is 30.3 Å². The number of nitrogens with zero attached hydrogens (tertiary/aromatic N) is 3. The Morgan fingerprint density at radius 3 is 2.15 bits per heavy atom. The zero-order chi connectivity index (χ0) is 24.0. The molecule has 1 amide bonds. The lowest BCUT2D eigenvalue weighted by molar-refractivity contribution is -0.123. The Bertz CT molecular complexity index is 1270. The number of anilines is 1. The molecule has 2 heterocycles. The number of aryl methyl sites for hydroxylation is 1. The Hall–Kier alpha value is -2.27. The van der Waals surface area contributed by atoms with E-state index in [1.165, 1.54) is 28.1 Å². The van der Waals surface area contributed by atoms with Crippen molar-refractivity contribution in [1.29, 1.82) is 0 Å². The van der Waals surface area contributed by atoms with Crippen LogP contribution in [0.3, 0.4) is 0 Å². The van der Waals surface area contributed by atoms with E-state index in [1.807, 2.05) is 18.2 Å². The molecule has 2 aromatic rings.